The summed E-state index contributed by atoms with van der Waals surface area (Å²) in [5, 5.41) is 8.92. The lowest BCUT2D eigenvalue weighted by Crippen LogP contribution is -2.51. The maximum absolute atomic E-state index is 12.4. The number of carbonyl (C=O) groups is 1. The highest BCUT2D eigenvalue weighted by molar-refractivity contribution is 7.14. The molecule has 1 aliphatic carbocycles. The van der Waals surface area contributed by atoms with Gasteiger partial charge in [0.2, 0.25) is 0 Å². The van der Waals surface area contributed by atoms with Crippen LogP contribution in [0.2, 0.25) is 0 Å². The summed E-state index contributed by atoms with van der Waals surface area (Å²) in [7, 11) is 1.61. The Labute approximate surface area is 128 Å². The Morgan fingerprint density at radius 1 is 1.50 bits per heavy atom. The summed E-state index contributed by atoms with van der Waals surface area (Å²) in [6, 6.07) is 0. The van der Waals surface area contributed by atoms with Crippen molar-refractivity contribution < 1.29 is 9.53 Å². The highest BCUT2D eigenvalue weighted by atomic mass is 35.5. The molecular formula is C13H20ClN3O2S. The fourth-order valence-corrected chi connectivity index (χ4v) is 3.26. The number of nitrogens with one attached hydrogen (secondary N) is 2. The molecule has 7 heteroatoms. The van der Waals surface area contributed by atoms with Crippen molar-refractivity contribution in [1.82, 2.24) is 10.3 Å². The summed E-state index contributed by atoms with van der Waals surface area (Å²) in [4.78, 5) is 16.9. The number of carbonyl (C=O) groups excluding carboxylic acids is 1. The van der Waals surface area contributed by atoms with E-state index in [9.17, 15) is 4.79 Å². The molecule has 2 fully saturated rings. The predicted octanol–water partition coefficient (Wildman–Crippen LogP) is 2.15. The van der Waals surface area contributed by atoms with Gasteiger partial charge in [-0.15, -0.1) is 23.7 Å². The smallest absolute Gasteiger partial charge is 0.258 e. The molecule has 0 unspecified atom stereocenters. The van der Waals surface area contributed by atoms with Crippen LogP contribution in [0.5, 0.6) is 0 Å². The Balaban J connectivity index is 0.00000147. The van der Waals surface area contributed by atoms with Crippen molar-refractivity contribution in [2.45, 2.75) is 37.2 Å². The third-order valence-electron chi connectivity index (χ3n) is 3.95. The standard InChI is InChI=1S/C13H19N3O2S.ClH/c1-18-13(4-6-14-7-5-13)11(17)16-12-15-10(8-19-12)9-2-3-9;/h8-9,14H,2-7H2,1H3,(H,15,16,17);1H. The summed E-state index contributed by atoms with van der Waals surface area (Å²) in [5.74, 6) is 0.561. The van der Waals surface area contributed by atoms with E-state index in [0.29, 0.717) is 23.9 Å². The normalized spacial score (nSPS) is 21.1. The van der Waals surface area contributed by atoms with Crippen molar-refractivity contribution in [1.29, 1.82) is 0 Å². The number of piperidine rings is 1. The predicted molar refractivity (Wildman–Crippen MR) is 81.8 cm³/mol. The van der Waals surface area contributed by atoms with Gasteiger partial charge in [0, 0.05) is 18.4 Å². The van der Waals surface area contributed by atoms with E-state index in [2.05, 4.69) is 21.0 Å². The summed E-state index contributed by atoms with van der Waals surface area (Å²) >= 11 is 1.51. The first kappa shape index (κ1) is 15.7. The minimum atomic E-state index is -0.698. The minimum Gasteiger partial charge on any atom is -0.368 e. The topological polar surface area (TPSA) is 63.2 Å². The van der Waals surface area contributed by atoms with Crippen molar-refractivity contribution in [2.24, 2.45) is 0 Å². The molecule has 0 spiro atoms. The van der Waals surface area contributed by atoms with Crippen LogP contribution >= 0.6 is 23.7 Å². The number of nitrogens with zero attached hydrogens (tertiary/aromatic N) is 1. The minimum absolute atomic E-state index is 0. The van der Waals surface area contributed by atoms with E-state index < -0.39 is 5.60 Å². The zero-order valence-corrected chi connectivity index (χ0v) is 13.1. The molecule has 1 amide bonds. The second-order valence-electron chi connectivity index (χ2n) is 5.25. The Morgan fingerprint density at radius 2 is 2.20 bits per heavy atom. The molecule has 2 aliphatic rings. The zero-order valence-electron chi connectivity index (χ0n) is 11.5. The van der Waals surface area contributed by atoms with Crippen molar-refractivity contribution in [3.8, 4) is 0 Å². The van der Waals surface area contributed by atoms with Gasteiger partial charge < -0.3 is 10.1 Å². The van der Waals surface area contributed by atoms with Gasteiger partial charge in [-0.2, -0.15) is 0 Å². The Morgan fingerprint density at radius 3 is 2.80 bits per heavy atom. The lowest BCUT2D eigenvalue weighted by atomic mass is 9.91. The number of hydrogen-bond acceptors (Lipinski definition) is 5. The molecule has 0 radical (unpaired) electrons. The number of ether oxygens (including phenoxy) is 1. The van der Waals surface area contributed by atoms with E-state index >= 15 is 0 Å². The van der Waals surface area contributed by atoms with Gasteiger partial charge in [0.05, 0.1) is 5.69 Å². The Bertz CT molecular complexity index is 470. The molecule has 20 heavy (non-hydrogen) atoms. The molecule has 5 nitrogen and oxygen atoms in total. The van der Waals surface area contributed by atoms with Crippen LogP contribution in [0, 0.1) is 0 Å². The number of rotatable bonds is 4. The summed E-state index contributed by atoms with van der Waals surface area (Å²) in [6.07, 6.45) is 3.86. The van der Waals surface area contributed by atoms with Gasteiger partial charge in [-0.05, 0) is 38.8 Å². The van der Waals surface area contributed by atoms with Gasteiger partial charge in [0.1, 0.15) is 5.60 Å². The molecule has 1 saturated heterocycles. The number of aromatic nitrogens is 1. The Hall–Kier alpha value is -0.690. The highest BCUT2D eigenvalue weighted by Gasteiger charge is 2.40. The molecule has 2 N–H and O–H groups in total. The van der Waals surface area contributed by atoms with E-state index in [0.717, 1.165) is 18.8 Å². The van der Waals surface area contributed by atoms with E-state index in [1.165, 1.54) is 24.2 Å². The number of anilines is 1. The number of methoxy groups -OCH3 is 1. The molecule has 1 saturated carbocycles. The van der Waals surface area contributed by atoms with Crippen LogP contribution < -0.4 is 10.6 Å². The molecule has 1 aliphatic heterocycles. The van der Waals surface area contributed by atoms with Gasteiger partial charge in [-0.1, -0.05) is 0 Å². The van der Waals surface area contributed by atoms with Crippen molar-refractivity contribution >= 4 is 34.8 Å². The molecule has 3 rings (SSSR count). The highest BCUT2D eigenvalue weighted by Crippen LogP contribution is 2.41. The third kappa shape index (κ3) is 3.14. The van der Waals surface area contributed by atoms with Crippen LogP contribution in [0.25, 0.3) is 0 Å². The molecule has 1 aromatic rings. The van der Waals surface area contributed by atoms with Crippen LogP contribution in [-0.4, -0.2) is 36.7 Å². The van der Waals surface area contributed by atoms with Gasteiger partial charge in [0.25, 0.3) is 5.91 Å². The van der Waals surface area contributed by atoms with Gasteiger partial charge in [-0.3, -0.25) is 10.1 Å². The molecule has 0 aromatic carbocycles. The molecule has 1 aromatic heterocycles. The van der Waals surface area contributed by atoms with Crippen molar-refractivity contribution in [2.75, 3.05) is 25.5 Å². The van der Waals surface area contributed by atoms with Gasteiger partial charge >= 0.3 is 0 Å². The molecule has 0 bridgehead atoms. The quantitative estimate of drug-likeness (QED) is 0.893. The number of thiazole rings is 1. The number of amides is 1. The van der Waals surface area contributed by atoms with E-state index in [4.69, 9.17) is 4.74 Å². The lowest BCUT2D eigenvalue weighted by molar-refractivity contribution is -0.140. The largest absolute Gasteiger partial charge is 0.368 e. The Kier molecular flexibility index (Phi) is 5.01. The second-order valence-corrected chi connectivity index (χ2v) is 6.11. The first-order valence-electron chi connectivity index (χ1n) is 6.76. The molecule has 2 heterocycles. The SMILES string of the molecule is COC1(C(=O)Nc2nc(C3CC3)cs2)CCNCC1.Cl. The fraction of sp³-hybridized carbons (Fsp3) is 0.692. The average molecular weight is 318 g/mol. The summed E-state index contributed by atoms with van der Waals surface area (Å²) in [6.45, 7) is 1.62. The van der Waals surface area contributed by atoms with Gasteiger partial charge in [-0.25, -0.2) is 4.98 Å². The van der Waals surface area contributed by atoms with Crippen LogP contribution in [-0.2, 0) is 9.53 Å². The van der Waals surface area contributed by atoms with E-state index in [1.807, 2.05) is 0 Å². The lowest BCUT2D eigenvalue weighted by Gasteiger charge is -2.34. The average Bonchev–Trinajstić information content (AvgIpc) is 3.20. The zero-order chi connectivity index (χ0) is 13.3. The van der Waals surface area contributed by atoms with Crippen LogP contribution in [0.1, 0.15) is 37.3 Å². The maximum Gasteiger partial charge on any atom is 0.258 e. The number of hydrogen-bond donors (Lipinski definition) is 2. The van der Waals surface area contributed by atoms with Crippen LogP contribution in [0.4, 0.5) is 5.13 Å². The second kappa shape index (κ2) is 6.39. The van der Waals surface area contributed by atoms with Crippen molar-refractivity contribution in [3.05, 3.63) is 11.1 Å². The first-order chi connectivity index (χ1) is 9.23. The third-order valence-corrected chi connectivity index (χ3v) is 4.73. The van der Waals surface area contributed by atoms with Crippen LogP contribution in [0.3, 0.4) is 0 Å². The van der Waals surface area contributed by atoms with E-state index in [1.54, 1.807) is 7.11 Å². The molecular weight excluding hydrogens is 298 g/mol. The molecule has 112 valence electrons. The van der Waals surface area contributed by atoms with E-state index in [-0.39, 0.29) is 18.3 Å². The van der Waals surface area contributed by atoms with Crippen LogP contribution in [0.15, 0.2) is 5.38 Å². The van der Waals surface area contributed by atoms with Gasteiger partial charge in [0.15, 0.2) is 5.13 Å². The maximum atomic E-state index is 12.4. The van der Waals surface area contributed by atoms with Crippen molar-refractivity contribution in [3.63, 3.8) is 0 Å². The molecule has 0 atom stereocenters. The number of halogens is 1. The first-order valence-corrected chi connectivity index (χ1v) is 7.64. The monoisotopic (exact) mass is 317 g/mol. The summed E-state index contributed by atoms with van der Waals surface area (Å²) in [5.41, 5.74) is 0.425. The fourth-order valence-electron chi connectivity index (χ4n) is 2.48. The summed E-state index contributed by atoms with van der Waals surface area (Å²) < 4.78 is 5.50.